The number of hydrogen-bond donors (Lipinski definition) is 1. The van der Waals surface area contributed by atoms with Gasteiger partial charge in [-0.25, -0.2) is 0 Å². The van der Waals surface area contributed by atoms with E-state index in [2.05, 4.69) is 0 Å². The number of halogens is 1. The fraction of sp³-hybridized carbons (Fsp3) is 0.0714. The maximum absolute atomic E-state index is 10.1. The van der Waals surface area contributed by atoms with E-state index >= 15 is 0 Å². The van der Waals surface area contributed by atoms with Crippen molar-refractivity contribution in [3.8, 4) is 6.07 Å². The monoisotopic (exact) mass is 243 g/mol. The van der Waals surface area contributed by atoms with Crippen molar-refractivity contribution in [2.24, 2.45) is 0 Å². The van der Waals surface area contributed by atoms with Gasteiger partial charge in [-0.15, -0.1) is 0 Å². The molecule has 0 unspecified atom stereocenters. The van der Waals surface area contributed by atoms with Crippen molar-refractivity contribution in [2.75, 3.05) is 0 Å². The summed E-state index contributed by atoms with van der Waals surface area (Å²) in [6, 6.07) is 16.0. The highest BCUT2D eigenvalue weighted by atomic mass is 35.5. The third-order valence-electron chi connectivity index (χ3n) is 2.54. The van der Waals surface area contributed by atoms with Gasteiger partial charge in [0, 0.05) is 5.02 Å². The molecule has 0 radical (unpaired) electrons. The second kappa shape index (κ2) is 5.01. The van der Waals surface area contributed by atoms with Crippen LogP contribution in [0.25, 0.3) is 0 Å². The van der Waals surface area contributed by atoms with Gasteiger partial charge in [-0.05, 0) is 35.4 Å². The first-order chi connectivity index (χ1) is 8.20. The molecule has 17 heavy (non-hydrogen) atoms. The lowest BCUT2D eigenvalue weighted by Gasteiger charge is -2.11. The second-order valence-corrected chi connectivity index (χ2v) is 4.12. The first-order valence-electron chi connectivity index (χ1n) is 5.14. The molecular weight excluding hydrogens is 234 g/mol. The Morgan fingerprint density at radius 2 is 1.41 bits per heavy atom. The first-order valence-corrected chi connectivity index (χ1v) is 5.52. The van der Waals surface area contributed by atoms with Gasteiger partial charge < -0.3 is 5.11 Å². The zero-order chi connectivity index (χ0) is 12.3. The molecule has 0 saturated heterocycles. The lowest BCUT2D eigenvalue weighted by Crippen LogP contribution is -1.99. The zero-order valence-corrected chi connectivity index (χ0v) is 9.72. The van der Waals surface area contributed by atoms with Crippen molar-refractivity contribution in [3.63, 3.8) is 0 Å². The van der Waals surface area contributed by atoms with Crippen LogP contribution in [0.15, 0.2) is 48.5 Å². The molecule has 2 aromatic rings. The average Bonchev–Trinajstić information content (AvgIpc) is 2.39. The van der Waals surface area contributed by atoms with Gasteiger partial charge in [-0.2, -0.15) is 5.26 Å². The van der Waals surface area contributed by atoms with Gasteiger partial charge in [0.1, 0.15) is 6.10 Å². The predicted octanol–water partition coefficient (Wildman–Crippen LogP) is 3.29. The molecular formula is C14H10ClNO. The molecule has 3 heteroatoms. The maximum atomic E-state index is 10.1. The Kier molecular flexibility index (Phi) is 3.43. The van der Waals surface area contributed by atoms with Crippen LogP contribution in [0.3, 0.4) is 0 Å². The van der Waals surface area contributed by atoms with Crippen molar-refractivity contribution in [3.05, 3.63) is 70.2 Å². The molecule has 2 aromatic carbocycles. The van der Waals surface area contributed by atoms with Gasteiger partial charge in [0.25, 0.3) is 0 Å². The summed E-state index contributed by atoms with van der Waals surface area (Å²) in [4.78, 5) is 0. The third kappa shape index (κ3) is 2.65. The molecule has 0 aromatic heterocycles. The largest absolute Gasteiger partial charge is 0.384 e. The molecule has 0 fully saturated rings. The van der Waals surface area contributed by atoms with Crippen molar-refractivity contribution < 1.29 is 5.11 Å². The van der Waals surface area contributed by atoms with Crippen molar-refractivity contribution in [1.29, 1.82) is 5.26 Å². The van der Waals surface area contributed by atoms with Crippen molar-refractivity contribution in [1.82, 2.24) is 0 Å². The molecule has 0 spiro atoms. The minimum Gasteiger partial charge on any atom is -0.384 e. The van der Waals surface area contributed by atoms with E-state index in [1.165, 1.54) is 0 Å². The number of hydrogen-bond acceptors (Lipinski definition) is 2. The number of aliphatic hydroxyl groups excluding tert-OH is 1. The average molecular weight is 244 g/mol. The molecule has 1 atom stereocenters. The van der Waals surface area contributed by atoms with E-state index in [0.29, 0.717) is 10.6 Å². The second-order valence-electron chi connectivity index (χ2n) is 3.69. The smallest absolute Gasteiger partial charge is 0.104 e. The lowest BCUT2D eigenvalue weighted by molar-refractivity contribution is 0.220. The molecule has 0 saturated carbocycles. The number of aliphatic hydroxyl groups is 1. The van der Waals surface area contributed by atoms with E-state index in [1.54, 1.807) is 48.5 Å². The Balaban J connectivity index is 2.27. The van der Waals surface area contributed by atoms with Crippen LogP contribution in [-0.4, -0.2) is 5.11 Å². The van der Waals surface area contributed by atoms with Gasteiger partial charge in [-0.1, -0.05) is 35.9 Å². The van der Waals surface area contributed by atoms with Gasteiger partial charge in [0.05, 0.1) is 11.6 Å². The summed E-state index contributed by atoms with van der Waals surface area (Å²) in [6.45, 7) is 0. The Hall–Kier alpha value is -1.82. The maximum Gasteiger partial charge on any atom is 0.104 e. The minimum absolute atomic E-state index is 0.581. The highest BCUT2D eigenvalue weighted by Crippen LogP contribution is 2.23. The van der Waals surface area contributed by atoms with Gasteiger partial charge in [0.15, 0.2) is 0 Å². The van der Waals surface area contributed by atoms with E-state index < -0.39 is 6.10 Å². The van der Waals surface area contributed by atoms with Gasteiger partial charge in [-0.3, -0.25) is 0 Å². The highest BCUT2D eigenvalue weighted by molar-refractivity contribution is 6.30. The van der Waals surface area contributed by atoms with Crippen LogP contribution >= 0.6 is 11.6 Å². The van der Waals surface area contributed by atoms with Gasteiger partial charge >= 0.3 is 0 Å². The van der Waals surface area contributed by atoms with E-state index in [9.17, 15) is 5.11 Å². The normalized spacial score (nSPS) is 11.8. The fourth-order valence-electron chi connectivity index (χ4n) is 1.58. The van der Waals surface area contributed by atoms with Crippen LogP contribution in [0.4, 0.5) is 0 Å². The topological polar surface area (TPSA) is 44.0 Å². The molecule has 84 valence electrons. The molecule has 2 rings (SSSR count). The number of nitrogens with zero attached hydrogens (tertiary/aromatic N) is 1. The van der Waals surface area contributed by atoms with Crippen LogP contribution in [0.1, 0.15) is 22.8 Å². The summed E-state index contributed by atoms with van der Waals surface area (Å²) in [5.74, 6) is 0. The van der Waals surface area contributed by atoms with Crippen LogP contribution in [-0.2, 0) is 0 Å². The molecule has 0 bridgehead atoms. The molecule has 2 nitrogen and oxygen atoms in total. The zero-order valence-electron chi connectivity index (χ0n) is 8.97. The summed E-state index contributed by atoms with van der Waals surface area (Å²) in [7, 11) is 0. The summed E-state index contributed by atoms with van der Waals surface area (Å²) in [6.07, 6.45) is -0.694. The molecule has 0 aliphatic rings. The summed E-state index contributed by atoms with van der Waals surface area (Å²) in [5.41, 5.74) is 2.11. The summed E-state index contributed by atoms with van der Waals surface area (Å²) >= 11 is 5.78. The van der Waals surface area contributed by atoms with E-state index in [1.807, 2.05) is 6.07 Å². The third-order valence-corrected chi connectivity index (χ3v) is 2.79. The van der Waals surface area contributed by atoms with Crippen LogP contribution in [0.2, 0.25) is 5.02 Å². The number of rotatable bonds is 2. The van der Waals surface area contributed by atoms with Gasteiger partial charge in [0.2, 0.25) is 0 Å². The number of nitriles is 1. The molecule has 0 aliphatic carbocycles. The molecule has 0 aliphatic heterocycles. The van der Waals surface area contributed by atoms with E-state index in [0.717, 1.165) is 11.1 Å². The first kappa shape index (κ1) is 11.7. The standard InChI is InChI=1S/C14H10ClNO/c15-13-7-5-12(6-8-13)14(17)11-3-1-10(9-16)2-4-11/h1-8,14,17H/t14-/m0/s1. The van der Waals surface area contributed by atoms with E-state index in [-0.39, 0.29) is 0 Å². The number of benzene rings is 2. The molecule has 0 heterocycles. The SMILES string of the molecule is N#Cc1ccc([C@H](O)c2ccc(Cl)cc2)cc1. The lowest BCUT2D eigenvalue weighted by atomic mass is 10.0. The fourth-order valence-corrected chi connectivity index (χ4v) is 1.70. The van der Waals surface area contributed by atoms with Crippen molar-refractivity contribution >= 4 is 11.6 Å². The quantitative estimate of drug-likeness (QED) is 0.880. The Morgan fingerprint density at radius 3 is 1.88 bits per heavy atom. The Bertz CT molecular complexity index is 540. The molecule has 1 N–H and O–H groups in total. The van der Waals surface area contributed by atoms with Crippen LogP contribution in [0, 0.1) is 11.3 Å². The molecule has 0 amide bonds. The Labute approximate surface area is 105 Å². The predicted molar refractivity (Wildman–Crippen MR) is 66.7 cm³/mol. The Morgan fingerprint density at radius 1 is 0.941 bits per heavy atom. The van der Waals surface area contributed by atoms with Crippen LogP contribution < -0.4 is 0 Å². The van der Waals surface area contributed by atoms with Crippen LogP contribution in [0.5, 0.6) is 0 Å². The van der Waals surface area contributed by atoms with E-state index in [4.69, 9.17) is 16.9 Å². The summed E-state index contributed by atoms with van der Waals surface area (Å²) in [5, 5.41) is 19.4. The highest BCUT2D eigenvalue weighted by Gasteiger charge is 2.09. The minimum atomic E-state index is -0.694. The van der Waals surface area contributed by atoms with Crippen molar-refractivity contribution in [2.45, 2.75) is 6.10 Å². The summed E-state index contributed by atoms with van der Waals surface area (Å²) < 4.78 is 0.